The van der Waals surface area contributed by atoms with E-state index in [0.29, 0.717) is 6.42 Å². The van der Waals surface area contributed by atoms with E-state index in [0.717, 1.165) is 48.3 Å². The zero-order valence-electron chi connectivity index (χ0n) is 16.0. The van der Waals surface area contributed by atoms with Crippen molar-refractivity contribution >= 4 is 28.2 Å². The van der Waals surface area contributed by atoms with Gasteiger partial charge in [-0.3, -0.25) is 4.79 Å². The number of amides is 1. The van der Waals surface area contributed by atoms with Gasteiger partial charge in [-0.1, -0.05) is 18.2 Å². The largest absolute Gasteiger partial charge is 0.369 e. The van der Waals surface area contributed by atoms with E-state index in [4.69, 9.17) is 0 Å². The Hall–Kier alpha value is -2.79. The molecule has 1 amide bonds. The van der Waals surface area contributed by atoms with Crippen LogP contribution in [0.15, 0.2) is 54.7 Å². The van der Waals surface area contributed by atoms with Crippen molar-refractivity contribution in [3.05, 3.63) is 60.3 Å². The van der Waals surface area contributed by atoms with Gasteiger partial charge < -0.3 is 19.7 Å². The molecule has 0 radical (unpaired) electrons. The predicted octanol–water partition coefficient (Wildman–Crippen LogP) is 3.11. The molecule has 4 rings (SSSR count). The Balaban J connectivity index is 1.40. The van der Waals surface area contributed by atoms with E-state index < -0.39 is 0 Å². The first-order chi connectivity index (χ1) is 13.1. The Kier molecular flexibility index (Phi) is 4.86. The second kappa shape index (κ2) is 7.45. The highest BCUT2D eigenvalue weighted by molar-refractivity contribution is 5.96. The second-order valence-corrected chi connectivity index (χ2v) is 7.34. The Morgan fingerprint density at radius 3 is 2.41 bits per heavy atom. The van der Waals surface area contributed by atoms with E-state index in [1.54, 1.807) is 0 Å². The normalized spacial score (nSPS) is 15.3. The molecule has 27 heavy (non-hydrogen) atoms. The number of fused-ring (bicyclic) bond motifs is 1. The third-order valence-electron chi connectivity index (χ3n) is 5.35. The molecule has 1 saturated heterocycles. The van der Waals surface area contributed by atoms with Gasteiger partial charge >= 0.3 is 0 Å². The molecule has 0 aliphatic carbocycles. The van der Waals surface area contributed by atoms with E-state index in [2.05, 4.69) is 51.0 Å². The number of para-hydroxylation sites is 1. The van der Waals surface area contributed by atoms with Crippen LogP contribution in [0.3, 0.4) is 0 Å². The molecule has 5 nitrogen and oxygen atoms in total. The molecule has 1 aliphatic rings. The minimum Gasteiger partial charge on any atom is -0.369 e. The lowest BCUT2D eigenvalue weighted by atomic mass is 10.1. The Bertz CT molecular complexity index is 937. The van der Waals surface area contributed by atoms with Crippen molar-refractivity contribution in [1.82, 2.24) is 9.47 Å². The van der Waals surface area contributed by atoms with E-state index in [-0.39, 0.29) is 5.91 Å². The van der Waals surface area contributed by atoms with Crippen molar-refractivity contribution in [2.75, 3.05) is 43.4 Å². The molecule has 0 spiro atoms. The van der Waals surface area contributed by atoms with Crippen molar-refractivity contribution in [2.24, 2.45) is 7.05 Å². The van der Waals surface area contributed by atoms with Crippen LogP contribution in [0.1, 0.15) is 5.56 Å². The van der Waals surface area contributed by atoms with Crippen molar-refractivity contribution in [1.29, 1.82) is 0 Å². The van der Waals surface area contributed by atoms with E-state index in [1.807, 2.05) is 37.5 Å². The molecule has 0 bridgehead atoms. The predicted molar refractivity (Wildman–Crippen MR) is 111 cm³/mol. The van der Waals surface area contributed by atoms with Crippen LogP contribution < -0.4 is 10.2 Å². The van der Waals surface area contributed by atoms with Gasteiger partial charge in [0.2, 0.25) is 5.91 Å². The molecule has 1 N–H and O–H groups in total. The minimum absolute atomic E-state index is 0.0127. The summed E-state index contributed by atoms with van der Waals surface area (Å²) in [5.74, 6) is 0.0127. The molecule has 0 unspecified atom stereocenters. The van der Waals surface area contributed by atoms with Gasteiger partial charge in [0.05, 0.1) is 6.42 Å². The Morgan fingerprint density at radius 2 is 1.67 bits per heavy atom. The lowest BCUT2D eigenvalue weighted by Crippen LogP contribution is -2.44. The number of benzene rings is 2. The standard InChI is InChI=1S/C22H26N4O/c1-24-11-13-26(14-12-24)19-9-7-18(8-10-19)23-22(27)15-17-16-25(2)21-6-4-3-5-20(17)21/h3-10,16H,11-15H2,1-2H3,(H,23,27). The number of nitrogens with zero attached hydrogens (tertiary/aromatic N) is 3. The van der Waals surface area contributed by atoms with Gasteiger partial charge in [0.1, 0.15) is 0 Å². The summed E-state index contributed by atoms with van der Waals surface area (Å²) in [4.78, 5) is 17.3. The van der Waals surface area contributed by atoms with Crippen LogP contribution >= 0.6 is 0 Å². The number of aryl methyl sites for hydroxylation is 1. The Morgan fingerprint density at radius 1 is 0.963 bits per heavy atom. The van der Waals surface area contributed by atoms with Crippen LogP contribution in [0.2, 0.25) is 0 Å². The molecule has 1 aliphatic heterocycles. The summed E-state index contributed by atoms with van der Waals surface area (Å²) >= 11 is 0. The fourth-order valence-corrected chi connectivity index (χ4v) is 3.76. The first-order valence-electron chi connectivity index (χ1n) is 9.46. The number of likely N-dealkylation sites (N-methyl/N-ethyl adjacent to an activating group) is 1. The molecule has 0 atom stereocenters. The van der Waals surface area contributed by atoms with Crippen LogP contribution in [0.4, 0.5) is 11.4 Å². The number of piperazine rings is 1. The summed E-state index contributed by atoms with van der Waals surface area (Å²) in [5, 5.41) is 4.17. The summed E-state index contributed by atoms with van der Waals surface area (Å²) in [6, 6.07) is 16.4. The fourth-order valence-electron chi connectivity index (χ4n) is 3.76. The second-order valence-electron chi connectivity index (χ2n) is 7.34. The molecule has 5 heteroatoms. The molecule has 3 aromatic rings. The molecule has 2 aromatic carbocycles. The number of hydrogen-bond donors (Lipinski definition) is 1. The van der Waals surface area contributed by atoms with Crippen molar-refractivity contribution in [3.8, 4) is 0 Å². The molecular formula is C22H26N4O. The maximum atomic E-state index is 12.5. The van der Waals surface area contributed by atoms with Gasteiger partial charge in [0, 0.05) is 61.7 Å². The van der Waals surface area contributed by atoms with E-state index >= 15 is 0 Å². The molecule has 1 fully saturated rings. The molecule has 140 valence electrons. The number of carbonyl (C=O) groups excluding carboxylic acids is 1. The first kappa shape index (κ1) is 17.6. The summed E-state index contributed by atoms with van der Waals surface area (Å²) < 4.78 is 2.07. The highest BCUT2D eigenvalue weighted by atomic mass is 16.1. The number of rotatable bonds is 4. The lowest BCUT2D eigenvalue weighted by Gasteiger charge is -2.34. The van der Waals surface area contributed by atoms with Crippen LogP contribution in [0.5, 0.6) is 0 Å². The van der Waals surface area contributed by atoms with Crippen LogP contribution in [-0.4, -0.2) is 48.6 Å². The number of anilines is 2. The highest BCUT2D eigenvalue weighted by Gasteiger charge is 2.14. The molecule has 0 saturated carbocycles. The maximum Gasteiger partial charge on any atom is 0.228 e. The number of hydrogen-bond acceptors (Lipinski definition) is 3. The smallest absolute Gasteiger partial charge is 0.228 e. The van der Waals surface area contributed by atoms with Crippen molar-refractivity contribution in [2.45, 2.75) is 6.42 Å². The van der Waals surface area contributed by atoms with Gasteiger partial charge in [-0.05, 0) is 42.9 Å². The van der Waals surface area contributed by atoms with Crippen molar-refractivity contribution in [3.63, 3.8) is 0 Å². The van der Waals surface area contributed by atoms with Gasteiger partial charge in [-0.15, -0.1) is 0 Å². The molecule has 1 aromatic heterocycles. The Labute approximate surface area is 160 Å². The maximum absolute atomic E-state index is 12.5. The van der Waals surface area contributed by atoms with E-state index in [9.17, 15) is 4.79 Å². The van der Waals surface area contributed by atoms with Gasteiger partial charge in [0.15, 0.2) is 0 Å². The van der Waals surface area contributed by atoms with Crippen LogP contribution in [0.25, 0.3) is 10.9 Å². The van der Waals surface area contributed by atoms with Gasteiger partial charge in [-0.2, -0.15) is 0 Å². The molecule has 2 heterocycles. The topological polar surface area (TPSA) is 40.5 Å². The first-order valence-corrected chi connectivity index (χ1v) is 9.46. The summed E-state index contributed by atoms with van der Waals surface area (Å²) in [7, 11) is 4.17. The zero-order valence-corrected chi connectivity index (χ0v) is 16.0. The quantitative estimate of drug-likeness (QED) is 0.775. The summed E-state index contributed by atoms with van der Waals surface area (Å²) in [6.45, 7) is 4.26. The number of aromatic nitrogens is 1. The fraction of sp³-hybridized carbons (Fsp3) is 0.318. The van der Waals surface area contributed by atoms with Gasteiger partial charge in [0.25, 0.3) is 0 Å². The monoisotopic (exact) mass is 362 g/mol. The number of carbonyl (C=O) groups is 1. The highest BCUT2D eigenvalue weighted by Crippen LogP contribution is 2.22. The van der Waals surface area contributed by atoms with E-state index in [1.165, 1.54) is 5.69 Å². The molecular weight excluding hydrogens is 336 g/mol. The summed E-state index contributed by atoms with van der Waals surface area (Å²) in [6.07, 6.45) is 2.42. The van der Waals surface area contributed by atoms with Crippen LogP contribution in [0, 0.1) is 0 Å². The third kappa shape index (κ3) is 3.83. The summed E-state index contributed by atoms with van der Waals surface area (Å²) in [5.41, 5.74) is 4.27. The SMILES string of the molecule is CN1CCN(c2ccc(NC(=O)Cc3cn(C)c4ccccc34)cc2)CC1. The average Bonchev–Trinajstić information content (AvgIpc) is 2.99. The number of nitrogens with one attached hydrogen (secondary N) is 1. The zero-order chi connectivity index (χ0) is 18.8. The van der Waals surface area contributed by atoms with Crippen molar-refractivity contribution < 1.29 is 4.79 Å². The lowest BCUT2D eigenvalue weighted by molar-refractivity contribution is -0.115. The van der Waals surface area contributed by atoms with Gasteiger partial charge in [-0.25, -0.2) is 0 Å². The van der Waals surface area contributed by atoms with Crippen LogP contribution in [-0.2, 0) is 18.3 Å². The third-order valence-corrected chi connectivity index (χ3v) is 5.35. The average molecular weight is 362 g/mol. The minimum atomic E-state index is 0.0127.